The van der Waals surface area contributed by atoms with Crippen LogP contribution in [-0.4, -0.2) is 22.4 Å². The standard InChI is InChI=1S/C20H17N3O/c1-2-13-21-20(24)17-14-22-18(15-9-5-3-6-10-15)19(23-17)16-11-7-4-8-12-16/h2-12,14H,1,13H2,(H,21,24). The fourth-order valence-corrected chi connectivity index (χ4v) is 2.36. The molecule has 3 rings (SSSR count). The van der Waals surface area contributed by atoms with Crippen LogP contribution in [0.1, 0.15) is 10.5 Å². The van der Waals surface area contributed by atoms with Crippen molar-refractivity contribution in [1.82, 2.24) is 15.3 Å². The van der Waals surface area contributed by atoms with Gasteiger partial charge in [-0.2, -0.15) is 0 Å². The third-order valence-corrected chi connectivity index (χ3v) is 3.51. The third-order valence-electron chi connectivity index (χ3n) is 3.51. The van der Waals surface area contributed by atoms with Crippen molar-refractivity contribution in [2.75, 3.05) is 6.54 Å². The summed E-state index contributed by atoms with van der Waals surface area (Å²) in [4.78, 5) is 21.2. The molecule has 4 heteroatoms. The Morgan fingerprint density at radius 3 is 2.12 bits per heavy atom. The predicted molar refractivity (Wildman–Crippen MR) is 95.4 cm³/mol. The number of hydrogen-bond acceptors (Lipinski definition) is 3. The Labute approximate surface area is 140 Å². The first-order valence-corrected chi connectivity index (χ1v) is 7.66. The van der Waals surface area contributed by atoms with Crippen LogP contribution in [0, 0.1) is 0 Å². The van der Waals surface area contributed by atoms with E-state index >= 15 is 0 Å². The molecule has 0 unspecified atom stereocenters. The van der Waals surface area contributed by atoms with E-state index in [0.717, 1.165) is 16.8 Å². The molecule has 1 amide bonds. The number of nitrogens with zero attached hydrogens (tertiary/aromatic N) is 2. The Morgan fingerprint density at radius 2 is 1.54 bits per heavy atom. The maximum absolute atomic E-state index is 12.2. The van der Waals surface area contributed by atoms with Gasteiger partial charge in [-0.1, -0.05) is 66.7 Å². The Hall–Kier alpha value is -3.27. The zero-order chi connectivity index (χ0) is 16.8. The number of rotatable bonds is 5. The maximum Gasteiger partial charge on any atom is 0.271 e. The molecular weight excluding hydrogens is 298 g/mol. The van der Waals surface area contributed by atoms with Gasteiger partial charge < -0.3 is 5.32 Å². The largest absolute Gasteiger partial charge is 0.347 e. The average molecular weight is 315 g/mol. The van der Waals surface area contributed by atoms with Gasteiger partial charge in [0, 0.05) is 17.7 Å². The highest BCUT2D eigenvalue weighted by molar-refractivity contribution is 5.93. The molecule has 0 radical (unpaired) electrons. The van der Waals surface area contributed by atoms with E-state index in [1.807, 2.05) is 60.7 Å². The van der Waals surface area contributed by atoms with Gasteiger partial charge in [0.1, 0.15) is 5.69 Å². The van der Waals surface area contributed by atoms with Gasteiger partial charge in [-0.05, 0) is 0 Å². The van der Waals surface area contributed by atoms with Crippen LogP contribution in [0.25, 0.3) is 22.5 Å². The molecule has 0 atom stereocenters. The van der Waals surface area contributed by atoms with Crippen LogP contribution in [0.5, 0.6) is 0 Å². The molecule has 3 aromatic rings. The average Bonchev–Trinajstić information content (AvgIpc) is 2.67. The molecule has 118 valence electrons. The highest BCUT2D eigenvalue weighted by Gasteiger charge is 2.15. The van der Waals surface area contributed by atoms with E-state index in [2.05, 4.69) is 21.9 Å². The van der Waals surface area contributed by atoms with Crippen LogP contribution in [0.15, 0.2) is 79.5 Å². The van der Waals surface area contributed by atoms with E-state index in [1.54, 1.807) is 6.08 Å². The van der Waals surface area contributed by atoms with Gasteiger partial charge in [-0.3, -0.25) is 9.78 Å². The molecule has 0 aliphatic carbocycles. The number of amides is 1. The summed E-state index contributed by atoms with van der Waals surface area (Å²) in [5.74, 6) is -0.265. The Morgan fingerprint density at radius 1 is 0.958 bits per heavy atom. The number of nitrogens with one attached hydrogen (secondary N) is 1. The minimum absolute atomic E-state index is 0.265. The van der Waals surface area contributed by atoms with Gasteiger partial charge in [0.05, 0.1) is 17.6 Å². The lowest BCUT2D eigenvalue weighted by molar-refractivity contribution is 0.0953. The summed E-state index contributed by atoms with van der Waals surface area (Å²) in [6, 6.07) is 19.6. The highest BCUT2D eigenvalue weighted by Crippen LogP contribution is 2.28. The summed E-state index contributed by atoms with van der Waals surface area (Å²) >= 11 is 0. The number of aromatic nitrogens is 2. The van der Waals surface area contributed by atoms with E-state index in [-0.39, 0.29) is 11.6 Å². The molecule has 24 heavy (non-hydrogen) atoms. The van der Waals surface area contributed by atoms with E-state index in [9.17, 15) is 4.79 Å². The second kappa shape index (κ2) is 7.33. The van der Waals surface area contributed by atoms with Crippen molar-refractivity contribution in [3.05, 3.63) is 85.2 Å². The molecule has 0 saturated carbocycles. The maximum atomic E-state index is 12.2. The smallest absolute Gasteiger partial charge is 0.271 e. The molecule has 0 aliphatic rings. The Balaban J connectivity index is 2.10. The van der Waals surface area contributed by atoms with Gasteiger partial charge in [0.2, 0.25) is 0 Å². The van der Waals surface area contributed by atoms with Crippen LogP contribution in [0.2, 0.25) is 0 Å². The molecule has 0 spiro atoms. The summed E-state index contributed by atoms with van der Waals surface area (Å²) < 4.78 is 0. The summed E-state index contributed by atoms with van der Waals surface area (Å²) in [6.45, 7) is 3.98. The fraction of sp³-hybridized carbons (Fsp3) is 0.0500. The highest BCUT2D eigenvalue weighted by atomic mass is 16.1. The van der Waals surface area contributed by atoms with Crippen molar-refractivity contribution in [2.24, 2.45) is 0 Å². The molecule has 0 saturated heterocycles. The van der Waals surface area contributed by atoms with Crippen LogP contribution in [0.3, 0.4) is 0 Å². The molecule has 0 aliphatic heterocycles. The first-order chi connectivity index (χ1) is 11.8. The summed E-state index contributed by atoms with van der Waals surface area (Å²) in [6.07, 6.45) is 3.13. The van der Waals surface area contributed by atoms with Crippen molar-refractivity contribution >= 4 is 5.91 Å². The lowest BCUT2D eigenvalue weighted by atomic mass is 10.0. The summed E-state index contributed by atoms with van der Waals surface area (Å²) in [7, 11) is 0. The molecule has 0 bridgehead atoms. The summed E-state index contributed by atoms with van der Waals surface area (Å²) in [5.41, 5.74) is 3.61. The first-order valence-electron chi connectivity index (χ1n) is 7.66. The Bertz CT molecular complexity index is 845. The molecule has 0 fully saturated rings. The van der Waals surface area contributed by atoms with Crippen molar-refractivity contribution in [1.29, 1.82) is 0 Å². The van der Waals surface area contributed by atoms with Gasteiger partial charge >= 0.3 is 0 Å². The SMILES string of the molecule is C=CCNC(=O)c1cnc(-c2ccccc2)c(-c2ccccc2)n1. The van der Waals surface area contributed by atoms with Crippen LogP contribution < -0.4 is 5.32 Å². The number of carbonyl (C=O) groups excluding carboxylic acids is 1. The van der Waals surface area contributed by atoms with E-state index in [4.69, 9.17) is 0 Å². The van der Waals surface area contributed by atoms with E-state index in [1.165, 1.54) is 6.20 Å². The molecule has 1 aromatic heterocycles. The number of benzene rings is 2. The van der Waals surface area contributed by atoms with Gasteiger partial charge in [-0.15, -0.1) is 6.58 Å². The predicted octanol–water partition coefficient (Wildman–Crippen LogP) is 3.73. The zero-order valence-corrected chi connectivity index (χ0v) is 13.1. The van der Waals surface area contributed by atoms with Gasteiger partial charge in [0.15, 0.2) is 0 Å². The van der Waals surface area contributed by atoms with Gasteiger partial charge in [0.25, 0.3) is 5.91 Å². The van der Waals surface area contributed by atoms with Crippen LogP contribution in [-0.2, 0) is 0 Å². The topological polar surface area (TPSA) is 54.9 Å². The minimum atomic E-state index is -0.265. The fourth-order valence-electron chi connectivity index (χ4n) is 2.36. The second-order valence-electron chi connectivity index (χ2n) is 5.18. The molecule has 2 aromatic carbocycles. The normalized spacial score (nSPS) is 10.2. The van der Waals surface area contributed by atoms with Crippen LogP contribution >= 0.6 is 0 Å². The van der Waals surface area contributed by atoms with Crippen molar-refractivity contribution in [3.8, 4) is 22.5 Å². The molecule has 1 heterocycles. The lowest BCUT2D eigenvalue weighted by Gasteiger charge is -2.10. The van der Waals surface area contributed by atoms with E-state index in [0.29, 0.717) is 12.2 Å². The van der Waals surface area contributed by atoms with Crippen molar-refractivity contribution in [3.63, 3.8) is 0 Å². The second-order valence-corrected chi connectivity index (χ2v) is 5.18. The van der Waals surface area contributed by atoms with Crippen LogP contribution in [0.4, 0.5) is 0 Å². The zero-order valence-electron chi connectivity index (χ0n) is 13.1. The van der Waals surface area contributed by atoms with E-state index < -0.39 is 0 Å². The number of hydrogen-bond donors (Lipinski definition) is 1. The minimum Gasteiger partial charge on any atom is -0.347 e. The quantitative estimate of drug-likeness (QED) is 0.730. The lowest BCUT2D eigenvalue weighted by Crippen LogP contribution is -2.24. The van der Waals surface area contributed by atoms with Crippen molar-refractivity contribution in [2.45, 2.75) is 0 Å². The monoisotopic (exact) mass is 315 g/mol. The van der Waals surface area contributed by atoms with Gasteiger partial charge in [-0.25, -0.2) is 4.98 Å². The first kappa shape index (κ1) is 15.6. The molecule has 1 N–H and O–H groups in total. The molecular formula is C20H17N3O. The van der Waals surface area contributed by atoms with Crippen molar-refractivity contribution < 1.29 is 4.79 Å². The Kier molecular flexibility index (Phi) is 4.77. The summed E-state index contributed by atoms with van der Waals surface area (Å²) in [5, 5.41) is 2.73. The third kappa shape index (κ3) is 3.38. The molecule has 4 nitrogen and oxygen atoms in total. The number of carbonyl (C=O) groups is 1.